The SMILES string of the molecule is CC(=O)NC[C@H]1CN(c2ccc3c(c2)Oc2ccc(CCCSC(F)F)cc2O3)C(=O)O1.CC(=O)NC[C@H]1CN(c2ccc3c(c2)Oc2ccc(CCN)cc2O3)C(=O)O1.O=C1c2ccccc2C(=O)N1SC(F)F.[Y].[Y].[Y]. The van der Waals surface area contributed by atoms with Crippen molar-refractivity contribution in [3.05, 3.63) is 119 Å². The summed E-state index contributed by atoms with van der Waals surface area (Å²) in [6.07, 6.45) is 0.289. The van der Waals surface area contributed by atoms with Gasteiger partial charge < -0.3 is 44.8 Å². The summed E-state index contributed by atoms with van der Waals surface area (Å²) in [5.41, 5.74) is 9.26. The number of carbonyl (C=O) groups excluding carboxylic acids is 6. The molecule has 0 bridgehead atoms. The van der Waals surface area contributed by atoms with E-state index >= 15 is 0 Å². The van der Waals surface area contributed by atoms with Gasteiger partial charge in [-0.1, -0.05) is 36.0 Å². The van der Waals surface area contributed by atoms with E-state index in [9.17, 15) is 46.3 Å². The molecule has 5 aliphatic rings. The van der Waals surface area contributed by atoms with Crippen LogP contribution in [0, 0.1) is 0 Å². The fraction of sp³-hybridized carbons (Fsp3) is 0.294. The number of nitrogens with zero attached hydrogens (tertiary/aromatic N) is 3. The summed E-state index contributed by atoms with van der Waals surface area (Å²) in [4.78, 5) is 72.6. The summed E-state index contributed by atoms with van der Waals surface area (Å²) < 4.78 is 83.6. The minimum atomic E-state index is -2.78. The first kappa shape index (κ1) is 64.4. The van der Waals surface area contributed by atoms with Crippen molar-refractivity contribution in [2.24, 2.45) is 5.73 Å². The molecule has 10 rings (SSSR count). The quantitative estimate of drug-likeness (QED) is 0.0377. The molecule has 0 spiro atoms. The van der Waals surface area contributed by atoms with Gasteiger partial charge in [-0.2, -0.15) is 17.6 Å². The number of halogens is 4. The third-order valence-corrected chi connectivity index (χ3v) is 13.0. The van der Waals surface area contributed by atoms with E-state index in [4.69, 9.17) is 34.2 Å². The molecule has 403 valence electrons. The number of hydrogen-bond acceptors (Lipinski definition) is 15. The summed E-state index contributed by atoms with van der Waals surface area (Å²) in [6.45, 7) is 4.57. The van der Waals surface area contributed by atoms with Crippen LogP contribution < -0.4 is 45.1 Å². The van der Waals surface area contributed by atoms with Crippen LogP contribution in [0.1, 0.15) is 52.1 Å². The van der Waals surface area contributed by atoms with Gasteiger partial charge in [0.1, 0.15) is 12.2 Å². The molecule has 18 nitrogen and oxygen atoms in total. The van der Waals surface area contributed by atoms with Gasteiger partial charge in [-0.15, -0.1) is 0 Å². The Morgan fingerprint density at radius 3 is 1.40 bits per heavy atom. The number of cyclic esters (lactones) is 2. The normalized spacial score (nSPS) is 15.9. The number of anilines is 2. The van der Waals surface area contributed by atoms with Crippen LogP contribution in [0.15, 0.2) is 97.1 Å². The molecule has 6 amide bonds. The second-order valence-electron chi connectivity index (χ2n) is 16.9. The van der Waals surface area contributed by atoms with Crippen molar-refractivity contribution in [2.75, 3.05) is 48.3 Å². The Labute approximate surface area is 529 Å². The summed E-state index contributed by atoms with van der Waals surface area (Å²) in [7, 11) is 0. The molecule has 78 heavy (non-hydrogen) atoms. The molecule has 0 aromatic heterocycles. The van der Waals surface area contributed by atoms with Crippen LogP contribution in [-0.4, -0.2) is 102 Å². The first-order valence-corrected chi connectivity index (χ1v) is 25.1. The molecular weight excluding hydrogens is 1300 g/mol. The maximum absolute atomic E-state index is 12.3. The Balaban J connectivity index is 0.000000223. The molecule has 0 saturated carbocycles. The Morgan fingerprint density at radius 2 is 1.00 bits per heavy atom. The minimum absolute atomic E-state index is 0. The summed E-state index contributed by atoms with van der Waals surface area (Å²) >= 11 is 0.577. The molecule has 5 aromatic carbocycles. The van der Waals surface area contributed by atoms with Gasteiger partial charge >= 0.3 is 17.9 Å². The number of amides is 6. The van der Waals surface area contributed by atoms with Gasteiger partial charge in [0.05, 0.1) is 48.7 Å². The van der Waals surface area contributed by atoms with E-state index in [1.165, 1.54) is 35.8 Å². The van der Waals surface area contributed by atoms with E-state index in [2.05, 4.69) is 10.6 Å². The van der Waals surface area contributed by atoms with Crippen LogP contribution >= 0.6 is 23.7 Å². The number of ether oxygens (including phenoxy) is 6. The number of thioether (sulfide) groups is 1. The molecule has 2 fully saturated rings. The van der Waals surface area contributed by atoms with Crippen LogP contribution in [0.2, 0.25) is 0 Å². The average Bonchev–Trinajstić information content (AvgIpc) is 4.03. The Bertz CT molecular complexity index is 2980. The molecule has 3 radical (unpaired) electrons. The first-order chi connectivity index (χ1) is 36.0. The number of nitrogens with one attached hydrogen (secondary N) is 2. The van der Waals surface area contributed by atoms with E-state index in [-0.39, 0.29) is 146 Å². The van der Waals surface area contributed by atoms with Crippen LogP contribution in [0.4, 0.5) is 38.5 Å². The summed E-state index contributed by atoms with van der Waals surface area (Å²) in [5.74, 6) is -2.04. The second kappa shape index (κ2) is 29.9. The number of carbonyl (C=O) groups is 6. The fourth-order valence-corrected chi connectivity index (χ4v) is 9.06. The molecule has 27 heteroatoms. The third-order valence-electron chi connectivity index (χ3n) is 11.5. The maximum Gasteiger partial charge on any atom is 0.414 e. The van der Waals surface area contributed by atoms with Crippen LogP contribution in [0.25, 0.3) is 0 Å². The Kier molecular flexibility index (Phi) is 24.7. The van der Waals surface area contributed by atoms with Gasteiger partial charge in [0.25, 0.3) is 17.6 Å². The zero-order chi connectivity index (χ0) is 53.3. The average molecular weight is 1340 g/mol. The van der Waals surface area contributed by atoms with E-state index in [1.54, 1.807) is 54.6 Å². The molecule has 5 aliphatic heterocycles. The van der Waals surface area contributed by atoms with Gasteiger partial charge in [0.15, 0.2) is 46.0 Å². The van der Waals surface area contributed by atoms with Gasteiger partial charge in [0, 0.05) is 136 Å². The van der Waals surface area contributed by atoms with Crippen molar-refractivity contribution in [3.8, 4) is 46.0 Å². The number of rotatable bonds is 15. The summed E-state index contributed by atoms with van der Waals surface area (Å²) in [6, 6.07) is 27.7. The smallest absolute Gasteiger partial charge is 0.414 e. The molecule has 2 saturated heterocycles. The Hall–Kier alpha value is -4.39. The second-order valence-corrected chi connectivity index (χ2v) is 19.0. The third kappa shape index (κ3) is 16.6. The summed E-state index contributed by atoms with van der Waals surface area (Å²) in [5, 5.41) is 5.30. The largest absolute Gasteiger partial charge is 0.450 e. The van der Waals surface area contributed by atoms with Crippen molar-refractivity contribution in [1.29, 1.82) is 0 Å². The van der Waals surface area contributed by atoms with E-state index in [0.717, 1.165) is 17.5 Å². The number of imide groups is 1. The van der Waals surface area contributed by atoms with Gasteiger partial charge in [0.2, 0.25) is 11.8 Å². The molecule has 0 unspecified atom stereocenters. The van der Waals surface area contributed by atoms with E-state index in [0.29, 0.717) is 112 Å². The maximum atomic E-state index is 12.3. The zero-order valence-corrected chi connectivity index (χ0v) is 51.9. The van der Waals surface area contributed by atoms with E-state index in [1.807, 2.05) is 30.3 Å². The van der Waals surface area contributed by atoms with Crippen LogP contribution in [-0.2, 0) is 130 Å². The molecule has 5 aromatic rings. The van der Waals surface area contributed by atoms with Crippen molar-refractivity contribution in [3.63, 3.8) is 0 Å². The first-order valence-electron chi connectivity index (χ1n) is 23.3. The van der Waals surface area contributed by atoms with Crippen molar-refractivity contribution < 1.29 is 173 Å². The number of aryl methyl sites for hydroxylation is 1. The molecule has 4 N–H and O–H groups in total. The van der Waals surface area contributed by atoms with Crippen LogP contribution in [0.3, 0.4) is 0 Å². The van der Waals surface area contributed by atoms with Gasteiger partial charge in [-0.05, 0) is 103 Å². The topological polar surface area (TPSA) is 218 Å². The zero-order valence-electron chi connectivity index (χ0n) is 41.8. The van der Waals surface area contributed by atoms with Gasteiger partial charge in [-0.3, -0.25) is 29.0 Å². The van der Waals surface area contributed by atoms with E-state index < -0.39 is 47.7 Å². The molecule has 0 aliphatic carbocycles. The fourth-order valence-electron chi connectivity index (χ4n) is 8.03. The number of benzene rings is 5. The van der Waals surface area contributed by atoms with Crippen LogP contribution in [0.5, 0.6) is 46.0 Å². The van der Waals surface area contributed by atoms with Crippen molar-refractivity contribution in [1.82, 2.24) is 14.9 Å². The predicted octanol–water partition coefficient (Wildman–Crippen LogP) is 9.63. The molecule has 2 atom stereocenters. The monoisotopic (exact) mass is 1340 g/mol. The van der Waals surface area contributed by atoms with Crippen molar-refractivity contribution >= 4 is 70.9 Å². The molecular formula is C51H48F4N6O12S2Y3. The number of alkyl halides is 4. The number of nitrogens with two attached hydrogens (primary N) is 1. The van der Waals surface area contributed by atoms with Crippen molar-refractivity contribution in [2.45, 2.75) is 56.8 Å². The molecule has 5 heterocycles. The number of hydrogen-bond donors (Lipinski definition) is 3. The van der Waals surface area contributed by atoms with Gasteiger partial charge in [-0.25, -0.2) is 13.9 Å². The standard InChI is InChI=1S/C22H22F2N2O5S.C20H21N3O5.C9H5F2NO2S.3Y/c1-13(27)25-11-16-12-26(22(28)29-16)15-5-7-18-20(10-15)31-17-6-4-14(9-19(17)30-18)3-2-8-32-21(23)24;1-12(24)22-10-15-11-23(20(25)26-15)14-3-5-17-19(9-14)28-16-4-2-13(6-7-21)8-18(16)27-17;10-9(11)15-12-7(13)5-3-1-2-4-6(5)8(12)14;;;/h4-7,9-10,16,21H,2-3,8,11-12H2,1H3,(H,25,27);2-5,8-9,15H,6-7,10-11,21H2,1H3,(H,22,24);1-4,9H;;;/t16-;15-;;;;/m00..../s1. The minimum Gasteiger partial charge on any atom is -0.450 e. The number of fused-ring (bicyclic) bond motifs is 5. The Morgan fingerprint density at radius 1 is 0.590 bits per heavy atom. The predicted molar refractivity (Wildman–Crippen MR) is 269 cm³/mol.